The van der Waals surface area contributed by atoms with Crippen molar-refractivity contribution in [3.8, 4) is 0 Å². The van der Waals surface area contributed by atoms with Crippen LogP contribution in [0, 0.1) is 11.8 Å². The van der Waals surface area contributed by atoms with Gasteiger partial charge in [-0.3, -0.25) is 4.79 Å². The molecule has 5 rings (SSSR count). The predicted molar refractivity (Wildman–Crippen MR) is 139 cm³/mol. The summed E-state index contributed by atoms with van der Waals surface area (Å²) in [4.78, 5) is 15.6. The number of carbonyl (C=O) groups excluding carboxylic acids is 1. The molecule has 1 unspecified atom stereocenters. The highest BCUT2D eigenvalue weighted by molar-refractivity contribution is 7.89. The third kappa shape index (κ3) is 5.02. The van der Waals surface area contributed by atoms with Crippen molar-refractivity contribution >= 4 is 26.8 Å². The molecule has 6 nitrogen and oxygen atoms in total. The second-order valence-corrected chi connectivity index (χ2v) is 11.9. The first kappa shape index (κ1) is 24.1. The summed E-state index contributed by atoms with van der Waals surface area (Å²) >= 11 is 0. The number of hydrogen-bond acceptors (Lipinski definition) is 3. The highest BCUT2D eigenvalue weighted by atomic mass is 32.2. The first-order chi connectivity index (χ1) is 17.0. The minimum Gasteiger partial charge on any atom is -0.348 e. The molecule has 2 aliphatic rings. The molecule has 1 aromatic heterocycles. The molecule has 7 heteroatoms. The second kappa shape index (κ2) is 10.2. The van der Waals surface area contributed by atoms with Gasteiger partial charge in [0.1, 0.15) is 0 Å². The Morgan fingerprint density at radius 2 is 1.74 bits per heavy atom. The van der Waals surface area contributed by atoms with E-state index in [2.05, 4.69) is 35.8 Å². The van der Waals surface area contributed by atoms with Gasteiger partial charge in [-0.05, 0) is 74.8 Å². The normalized spacial score (nSPS) is 20.4. The molecule has 35 heavy (non-hydrogen) atoms. The molecule has 1 atom stereocenters. The Morgan fingerprint density at radius 3 is 2.49 bits per heavy atom. The quantitative estimate of drug-likeness (QED) is 0.506. The number of likely N-dealkylation sites (tertiary alicyclic amines) is 1. The van der Waals surface area contributed by atoms with Crippen LogP contribution in [0.2, 0.25) is 0 Å². The summed E-state index contributed by atoms with van der Waals surface area (Å²) in [5, 5.41) is 0.927. The zero-order chi connectivity index (χ0) is 24.4. The van der Waals surface area contributed by atoms with Gasteiger partial charge in [0, 0.05) is 49.8 Å². The summed E-state index contributed by atoms with van der Waals surface area (Å²) in [6.07, 6.45) is 6.53. The van der Waals surface area contributed by atoms with Crippen molar-refractivity contribution in [3.63, 3.8) is 0 Å². The minimum absolute atomic E-state index is 0.124. The van der Waals surface area contributed by atoms with Crippen LogP contribution >= 0.6 is 0 Å². The van der Waals surface area contributed by atoms with E-state index in [0.29, 0.717) is 23.8 Å². The molecular formula is C28H35N3O3S. The van der Waals surface area contributed by atoms with Gasteiger partial charge >= 0.3 is 0 Å². The summed E-state index contributed by atoms with van der Waals surface area (Å²) in [5.74, 6) is 0.467. The molecule has 2 aliphatic heterocycles. The maximum Gasteiger partial charge on any atom is 0.243 e. The number of aromatic nitrogens is 1. The maximum atomic E-state index is 13.5. The number of aryl methyl sites for hydroxylation is 1. The Balaban J connectivity index is 1.22. The predicted octanol–water partition coefficient (Wildman–Crippen LogP) is 4.54. The van der Waals surface area contributed by atoms with E-state index in [9.17, 15) is 13.2 Å². The van der Waals surface area contributed by atoms with Gasteiger partial charge in [0.05, 0.1) is 10.8 Å². The summed E-state index contributed by atoms with van der Waals surface area (Å²) in [5.41, 5.74) is 2.39. The first-order valence-corrected chi connectivity index (χ1v) is 14.3. The van der Waals surface area contributed by atoms with E-state index < -0.39 is 10.0 Å². The highest BCUT2D eigenvalue weighted by Gasteiger charge is 2.36. The van der Waals surface area contributed by atoms with Crippen molar-refractivity contribution in [2.24, 2.45) is 11.8 Å². The third-order valence-electron chi connectivity index (χ3n) is 7.75. The van der Waals surface area contributed by atoms with E-state index >= 15 is 0 Å². The number of rotatable bonds is 6. The number of sulfonamides is 1. The van der Waals surface area contributed by atoms with Gasteiger partial charge in [-0.15, -0.1) is 0 Å². The lowest BCUT2D eigenvalue weighted by molar-refractivity contribution is -0.138. The zero-order valence-corrected chi connectivity index (χ0v) is 21.3. The molecule has 186 valence electrons. The molecule has 0 aliphatic carbocycles. The van der Waals surface area contributed by atoms with Crippen molar-refractivity contribution in [2.45, 2.75) is 50.5 Å². The van der Waals surface area contributed by atoms with Crippen LogP contribution in [0.25, 0.3) is 10.9 Å². The Labute approximate surface area is 208 Å². The van der Waals surface area contributed by atoms with Crippen molar-refractivity contribution in [1.82, 2.24) is 13.8 Å². The maximum absolute atomic E-state index is 13.5. The van der Waals surface area contributed by atoms with Crippen LogP contribution in [0.3, 0.4) is 0 Å². The molecule has 0 saturated carbocycles. The van der Waals surface area contributed by atoms with Gasteiger partial charge in [-0.25, -0.2) is 8.42 Å². The minimum atomic E-state index is -3.64. The van der Waals surface area contributed by atoms with Crippen molar-refractivity contribution in [3.05, 3.63) is 66.4 Å². The van der Waals surface area contributed by atoms with Gasteiger partial charge in [0.25, 0.3) is 0 Å². The van der Waals surface area contributed by atoms with E-state index in [1.165, 1.54) is 9.87 Å². The Bertz CT molecular complexity index is 1280. The van der Waals surface area contributed by atoms with Crippen LogP contribution in [0.5, 0.6) is 0 Å². The average molecular weight is 494 g/mol. The summed E-state index contributed by atoms with van der Waals surface area (Å²) in [7, 11) is -3.64. The largest absolute Gasteiger partial charge is 0.348 e. The number of carbonyl (C=O) groups is 1. The molecular weight excluding hydrogens is 458 g/mol. The Kier molecular flexibility index (Phi) is 6.98. The highest BCUT2D eigenvalue weighted by Crippen LogP contribution is 2.29. The molecule has 2 aromatic carbocycles. The molecule has 0 radical (unpaired) electrons. The van der Waals surface area contributed by atoms with Gasteiger partial charge < -0.3 is 9.47 Å². The van der Waals surface area contributed by atoms with E-state index in [1.54, 1.807) is 12.1 Å². The van der Waals surface area contributed by atoms with Crippen LogP contribution in [0.15, 0.2) is 65.7 Å². The fourth-order valence-electron chi connectivity index (χ4n) is 5.69. The summed E-state index contributed by atoms with van der Waals surface area (Å²) in [6.45, 7) is 5.20. The lowest BCUT2D eigenvalue weighted by Gasteiger charge is -2.37. The van der Waals surface area contributed by atoms with Crippen molar-refractivity contribution < 1.29 is 13.2 Å². The van der Waals surface area contributed by atoms with Crippen LogP contribution in [0.4, 0.5) is 0 Å². The molecule has 0 N–H and O–H groups in total. The van der Waals surface area contributed by atoms with Crippen LogP contribution in [-0.4, -0.2) is 54.3 Å². The monoisotopic (exact) mass is 493 g/mol. The smallest absolute Gasteiger partial charge is 0.243 e. The second-order valence-electron chi connectivity index (χ2n) is 9.98. The molecule has 2 fully saturated rings. The van der Waals surface area contributed by atoms with E-state index in [0.717, 1.165) is 56.2 Å². The van der Waals surface area contributed by atoms with Crippen LogP contribution in [0.1, 0.15) is 38.2 Å². The number of fused-ring (bicyclic) bond motifs is 1. The van der Waals surface area contributed by atoms with Crippen molar-refractivity contribution in [1.29, 1.82) is 0 Å². The van der Waals surface area contributed by atoms with E-state index in [1.807, 2.05) is 29.3 Å². The summed E-state index contributed by atoms with van der Waals surface area (Å²) in [6, 6.07) is 17.9. The Hall–Kier alpha value is -2.64. The fourth-order valence-corrected chi connectivity index (χ4v) is 7.25. The topological polar surface area (TPSA) is 62.6 Å². The fraction of sp³-hybridized carbons (Fsp3) is 0.464. The third-order valence-corrected chi connectivity index (χ3v) is 9.61. The van der Waals surface area contributed by atoms with Crippen LogP contribution < -0.4 is 0 Å². The first-order valence-electron chi connectivity index (χ1n) is 12.9. The van der Waals surface area contributed by atoms with E-state index in [4.69, 9.17) is 0 Å². The van der Waals surface area contributed by atoms with Crippen LogP contribution in [-0.2, 0) is 27.8 Å². The molecule has 0 bridgehead atoms. The molecule has 3 heterocycles. The number of nitrogens with zero attached hydrogens (tertiary/aromatic N) is 3. The SMILES string of the molecule is CCn1ccc2cc(S(=O)(=O)N3CCCC(C(=O)N4CCC(Cc5ccccc5)CC4)C3)ccc21. The lowest BCUT2D eigenvalue weighted by atomic mass is 9.89. The van der Waals surface area contributed by atoms with E-state index in [-0.39, 0.29) is 18.4 Å². The zero-order valence-electron chi connectivity index (χ0n) is 20.5. The molecule has 3 aromatic rings. The van der Waals surface area contributed by atoms with Crippen molar-refractivity contribution in [2.75, 3.05) is 26.2 Å². The number of amides is 1. The molecule has 2 saturated heterocycles. The molecule has 1 amide bonds. The number of benzene rings is 2. The van der Waals surface area contributed by atoms with Gasteiger partial charge in [-0.1, -0.05) is 30.3 Å². The molecule has 0 spiro atoms. The number of piperidine rings is 2. The van der Waals surface area contributed by atoms with Gasteiger partial charge in [0.2, 0.25) is 15.9 Å². The van der Waals surface area contributed by atoms with Gasteiger partial charge in [-0.2, -0.15) is 4.31 Å². The Morgan fingerprint density at radius 1 is 0.971 bits per heavy atom. The standard InChI is InChI=1S/C28H35N3O3S/c1-2-29-18-14-24-20-26(10-11-27(24)29)35(33,34)31-15-6-9-25(21-31)28(32)30-16-12-23(13-17-30)19-22-7-4-3-5-8-22/h3-5,7-8,10-11,14,18,20,23,25H,2,6,9,12-13,15-17,19,21H2,1H3. The lowest BCUT2D eigenvalue weighted by Crippen LogP contribution is -2.48. The number of hydrogen-bond donors (Lipinski definition) is 0. The summed E-state index contributed by atoms with van der Waals surface area (Å²) < 4.78 is 30.6. The average Bonchev–Trinajstić information content (AvgIpc) is 3.32. The van der Waals surface area contributed by atoms with Gasteiger partial charge in [0.15, 0.2) is 0 Å².